The number of carbonyl (C=O) groups is 5. The van der Waals surface area contributed by atoms with Crippen molar-refractivity contribution in [2.45, 2.75) is 146 Å². The van der Waals surface area contributed by atoms with E-state index in [0.29, 0.717) is 37.3 Å². The van der Waals surface area contributed by atoms with Gasteiger partial charge >= 0.3 is 5.97 Å². The Labute approximate surface area is 291 Å². The first-order valence-electron chi connectivity index (χ1n) is 18.9. The molecule has 0 saturated heterocycles. The van der Waals surface area contributed by atoms with E-state index in [1.807, 2.05) is 0 Å². The zero-order chi connectivity index (χ0) is 35.3. The van der Waals surface area contributed by atoms with Gasteiger partial charge in [-0.25, -0.2) is 0 Å². The zero-order valence-corrected chi connectivity index (χ0v) is 29.4. The van der Waals surface area contributed by atoms with Gasteiger partial charge in [0.25, 0.3) is 0 Å². The van der Waals surface area contributed by atoms with Crippen LogP contribution in [0.4, 0.5) is 0 Å². The van der Waals surface area contributed by atoms with Gasteiger partial charge in [0.1, 0.15) is 18.6 Å². The monoisotopic (exact) mass is 693 g/mol. The van der Waals surface area contributed by atoms with E-state index in [2.05, 4.69) is 37.2 Å². The molecule has 0 heterocycles. The van der Waals surface area contributed by atoms with Gasteiger partial charge in [-0.3, -0.25) is 24.0 Å². The highest BCUT2D eigenvalue weighted by molar-refractivity contribution is 5.93. The summed E-state index contributed by atoms with van der Waals surface area (Å²) >= 11 is 0. The molecular weight excluding hydrogens is 630 g/mol. The number of hydrogen-bond donors (Lipinski definition) is 9. The molecule has 3 aliphatic carbocycles. The minimum absolute atomic E-state index is 0.217. The van der Waals surface area contributed by atoms with Gasteiger partial charge in [-0.05, 0) is 96.2 Å². The maximum atomic E-state index is 13.7. The van der Waals surface area contributed by atoms with Crippen molar-refractivity contribution < 1.29 is 34.2 Å². The van der Waals surface area contributed by atoms with Crippen LogP contribution >= 0.6 is 0 Å². The van der Waals surface area contributed by atoms with Crippen molar-refractivity contribution in [3.05, 3.63) is 0 Å². The highest BCUT2D eigenvalue weighted by Gasteiger charge is 2.28. The molecule has 3 rings (SSSR count). The summed E-state index contributed by atoms with van der Waals surface area (Å²) in [4.78, 5) is 62.5. The normalized spacial score (nSPS) is 19.0. The number of carboxylic acids is 1. The average Bonchev–Trinajstić information content (AvgIpc) is 3.90. The second-order valence-corrected chi connectivity index (χ2v) is 14.2. The molecule has 280 valence electrons. The Morgan fingerprint density at radius 1 is 0.592 bits per heavy atom. The van der Waals surface area contributed by atoms with Crippen molar-refractivity contribution in [3.8, 4) is 0 Å². The third kappa shape index (κ3) is 16.6. The van der Waals surface area contributed by atoms with Gasteiger partial charge < -0.3 is 47.4 Å². The molecule has 3 atom stereocenters. The van der Waals surface area contributed by atoms with Gasteiger partial charge in [0.05, 0.1) is 19.2 Å². The Kier molecular flexibility index (Phi) is 19.5. The van der Waals surface area contributed by atoms with Crippen LogP contribution in [-0.4, -0.2) is 109 Å². The number of aliphatic carboxylic acids is 1. The maximum Gasteiger partial charge on any atom is 0.322 e. The lowest BCUT2D eigenvalue weighted by Gasteiger charge is -2.25. The van der Waals surface area contributed by atoms with Gasteiger partial charge in [-0.1, -0.05) is 44.9 Å². The Balaban J connectivity index is 1.54. The van der Waals surface area contributed by atoms with Gasteiger partial charge in [-0.15, -0.1) is 0 Å². The van der Waals surface area contributed by atoms with Gasteiger partial charge in [0.15, 0.2) is 0 Å². The lowest BCUT2D eigenvalue weighted by atomic mass is 10.0. The number of aliphatic hydroxyl groups excluding tert-OH is 1. The van der Waals surface area contributed by atoms with Crippen LogP contribution in [0.3, 0.4) is 0 Å². The summed E-state index contributed by atoms with van der Waals surface area (Å²) in [5.74, 6) is -3.02. The first-order chi connectivity index (χ1) is 23.7. The summed E-state index contributed by atoms with van der Waals surface area (Å²) < 4.78 is 0. The topological polar surface area (TPSA) is 210 Å². The van der Waals surface area contributed by atoms with Crippen molar-refractivity contribution in [1.29, 1.82) is 0 Å². The Hall–Kier alpha value is -2.81. The molecule has 0 radical (unpaired) electrons. The van der Waals surface area contributed by atoms with E-state index in [4.69, 9.17) is 5.11 Å². The lowest BCUT2D eigenvalue weighted by Crippen LogP contribution is -2.55. The Morgan fingerprint density at radius 3 is 1.65 bits per heavy atom. The number of carbonyl (C=O) groups excluding carboxylic acids is 4. The molecule has 0 aromatic carbocycles. The standard InChI is InChI=1S/C35H63N7O7/c43-24-30(34(48)40-23-32(45)46)41-31(44)22-39-33(47)29(18-8-10-20-37-27-15-5-6-16-27)42-35(49)28(38-21-25-11-1-2-12-25)17-7-9-19-36-26-13-3-4-14-26/h25-30,36-38,43H,1-24H2,(H,39,47)(H,40,48)(H,41,44)(H,42,49)(H,45,46). The molecule has 3 saturated carbocycles. The van der Waals surface area contributed by atoms with Crippen molar-refractivity contribution in [2.24, 2.45) is 5.92 Å². The van der Waals surface area contributed by atoms with Gasteiger partial charge in [0, 0.05) is 12.1 Å². The fourth-order valence-corrected chi connectivity index (χ4v) is 7.23. The summed E-state index contributed by atoms with van der Waals surface area (Å²) in [6.07, 6.45) is 19.1. The quantitative estimate of drug-likeness (QED) is 0.0615. The second kappa shape index (κ2) is 23.6. The third-order valence-electron chi connectivity index (χ3n) is 10.2. The summed E-state index contributed by atoms with van der Waals surface area (Å²) in [5.41, 5.74) is 0. The Bertz CT molecular complexity index is 1010. The number of rotatable bonds is 25. The molecule has 3 fully saturated rings. The van der Waals surface area contributed by atoms with Crippen LogP contribution in [0.1, 0.15) is 116 Å². The van der Waals surface area contributed by atoms with Crippen molar-refractivity contribution in [1.82, 2.24) is 37.2 Å². The molecule has 9 N–H and O–H groups in total. The highest BCUT2D eigenvalue weighted by Crippen LogP contribution is 2.24. The van der Waals surface area contributed by atoms with Crippen molar-refractivity contribution in [3.63, 3.8) is 0 Å². The molecule has 49 heavy (non-hydrogen) atoms. The van der Waals surface area contributed by atoms with Gasteiger partial charge in [0.2, 0.25) is 23.6 Å². The van der Waals surface area contributed by atoms with E-state index in [0.717, 1.165) is 51.7 Å². The van der Waals surface area contributed by atoms with E-state index >= 15 is 0 Å². The molecule has 4 amide bonds. The van der Waals surface area contributed by atoms with E-state index in [-0.39, 0.29) is 5.91 Å². The van der Waals surface area contributed by atoms with E-state index in [1.165, 1.54) is 64.2 Å². The van der Waals surface area contributed by atoms with Crippen LogP contribution in [-0.2, 0) is 24.0 Å². The van der Waals surface area contributed by atoms with Crippen LogP contribution in [0.2, 0.25) is 0 Å². The van der Waals surface area contributed by atoms with Crippen LogP contribution in [0.15, 0.2) is 0 Å². The molecule has 0 spiro atoms. The van der Waals surface area contributed by atoms with Crippen LogP contribution in [0.5, 0.6) is 0 Å². The number of unbranched alkanes of at least 4 members (excludes halogenated alkanes) is 2. The number of amides is 4. The largest absolute Gasteiger partial charge is 0.480 e. The van der Waals surface area contributed by atoms with Crippen LogP contribution < -0.4 is 37.2 Å². The molecule has 0 aromatic rings. The molecule has 14 heteroatoms. The minimum Gasteiger partial charge on any atom is -0.480 e. The first kappa shape index (κ1) is 40.6. The third-order valence-corrected chi connectivity index (χ3v) is 10.2. The molecule has 0 bridgehead atoms. The van der Waals surface area contributed by atoms with E-state index < -0.39 is 61.5 Å². The first-order valence-corrected chi connectivity index (χ1v) is 18.9. The summed E-state index contributed by atoms with van der Waals surface area (Å²) in [6, 6.07) is -1.49. The number of nitrogens with one attached hydrogen (secondary N) is 7. The van der Waals surface area contributed by atoms with Crippen LogP contribution in [0, 0.1) is 5.92 Å². The van der Waals surface area contributed by atoms with Gasteiger partial charge in [-0.2, -0.15) is 0 Å². The summed E-state index contributed by atoms with van der Waals surface area (Å²) in [6.45, 7) is 0.658. The number of aliphatic hydroxyl groups is 1. The molecule has 14 nitrogen and oxygen atoms in total. The minimum atomic E-state index is -1.37. The second-order valence-electron chi connectivity index (χ2n) is 14.2. The zero-order valence-electron chi connectivity index (χ0n) is 29.4. The fourth-order valence-electron chi connectivity index (χ4n) is 7.23. The predicted molar refractivity (Wildman–Crippen MR) is 187 cm³/mol. The number of carboxylic acid groups (broad SMARTS) is 1. The summed E-state index contributed by atoms with van der Waals surface area (Å²) in [5, 5.41) is 39.0. The summed E-state index contributed by atoms with van der Waals surface area (Å²) in [7, 11) is 0. The SMILES string of the molecule is O=C(O)CNC(=O)C(CO)NC(=O)CNC(=O)C(CCCCNC1CCCC1)NC(=O)C(CCCCNC1CCCC1)NCC1CCCC1. The molecular formula is C35H63N7O7. The fraction of sp³-hybridized carbons (Fsp3) is 0.857. The molecule has 0 aromatic heterocycles. The van der Waals surface area contributed by atoms with Crippen LogP contribution in [0.25, 0.3) is 0 Å². The lowest BCUT2D eigenvalue weighted by molar-refractivity contribution is -0.138. The average molecular weight is 694 g/mol. The molecule has 3 unspecified atom stereocenters. The number of hydrogen-bond acceptors (Lipinski definition) is 9. The smallest absolute Gasteiger partial charge is 0.322 e. The van der Waals surface area contributed by atoms with Crippen molar-refractivity contribution >= 4 is 29.6 Å². The van der Waals surface area contributed by atoms with E-state index in [1.54, 1.807) is 0 Å². The Morgan fingerprint density at radius 2 is 1.10 bits per heavy atom. The molecule has 0 aliphatic heterocycles. The predicted octanol–water partition coefficient (Wildman–Crippen LogP) is 0.819. The van der Waals surface area contributed by atoms with E-state index in [9.17, 15) is 29.1 Å². The highest BCUT2D eigenvalue weighted by atomic mass is 16.4. The molecule has 3 aliphatic rings. The maximum absolute atomic E-state index is 13.7. The van der Waals surface area contributed by atoms with Crippen molar-refractivity contribution in [2.75, 3.05) is 39.3 Å².